The number of hydrogen-bond donors (Lipinski definition) is 1. The molecule has 0 unspecified atom stereocenters. The zero-order chi connectivity index (χ0) is 17.3. The van der Waals surface area contributed by atoms with E-state index in [1.165, 1.54) is 6.33 Å². The third-order valence-electron chi connectivity index (χ3n) is 4.53. The first-order valence-corrected chi connectivity index (χ1v) is 8.03. The van der Waals surface area contributed by atoms with Gasteiger partial charge in [-0.15, -0.1) is 0 Å². The van der Waals surface area contributed by atoms with Crippen LogP contribution in [0.2, 0.25) is 0 Å². The fraction of sp³-hybridized carbons (Fsp3) is 0.500. The number of Topliss-reactive ketones (excluding diaryl/α,β-unsaturated/α-hetero) is 1. The van der Waals surface area contributed by atoms with Gasteiger partial charge in [0.2, 0.25) is 11.9 Å². The summed E-state index contributed by atoms with van der Waals surface area (Å²) in [5.41, 5.74) is 2.50. The van der Waals surface area contributed by atoms with Gasteiger partial charge < -0.3 is 4.90 Å². The van der Waals surface area contributed by atoms with E-state index in [0.717, 1.165) is 24.5 Å². The first-order valence-electron chi connectivity index (χ1n) is 8.03. The lowest BCUT2D eigenvalue weighted by Crippen LogP contribution is -2.49. The van der Waals surface area contributed by atoms with Crippen LogP contribution in [0.5, 0.6) is 0 Å². The summed E-state index contributed by atoms with van der Waals surface area (Å²) >= 11 is 0. The van der Waals surface area contributed by atoms with Gasteiger partial charge in [0.25, 0.3) is 0 Å². The molecular formula is C16H22N6O2. The first-order chi connectivity index (χ1) is 11.5. The smallest absolute Gasteiger partial charge is 0.229 e. The summed E-state index contributed by atoms with van der Waals surface area (Å²) in [7, 11) is 0. The van der Waals surface area contributed by atoms with Crippen molar-refractivity contribution in [1.29, 1.82) is 0 Å². The molecule has 0 atom stereocenters. The van der Waals surface area contributed by atoms with E-state index >= 15 is 0 Å². The van der Waals surface area contributed by atoms with E-state index in [0.29, 0.717) is 31.1 Å². The second-order valence-corrected chi connectivity index (χ2v) is 6.13. The molecule has 1 aliphatic rings. The predicted molar refractivity (Wildman–Crippen MR) is 88.2 cm³/mol. The van der Waals surface area contributed by atoms with Crippen LogP contribution in [0.4, 0.5) is 0 Å². The molecule has 2 aromatic heterocycles. The minimum Gasteiger partial charge on any atom is -0.340 e. The van der Waals surface area contributed by atoms with Crippen molar-refractivity contribution >= 4 is 11.7 Å². The van der Waals surface area contributed by atoms with E-state index in [1.54, 1.807) is 6.92 Å². The van der Waals surface area contributed by atoms with Gasteiger partial charge in [-0.1, -0.05) is 0 Å². The van der Waals surface area contributed by atoms with Crippen molar-refractivity contribution in [2.24, 2.45) is 0 Å². The highest BCUT2D eigenvalue weighted by Gasteiger charge is 2.23. The Morgan fingerprint density at radius 3 is 2.50 bits per heavy atom. The Morgan fingerprint density at radius 1 is 1.21 bits per heavy atom. The Balaban J connectivity index is 1.70. The Bertz CT molecular complexity index is 741. The number of amides is 1. The molecule has 0 bridgehead atoms. The van der Waals surface area contributed by atoms with E-state index < -0.39 is 0 Å². The van der Waals surface area contributed by atoms with Crippen LogP contribution >= 0.6 is 0 Å². The van der Waals surface area contributed by atoms with Crippen molar-refractivity contribution < 1.29 is 9.59 Å². The Morgan fingerprint density at radius 2 is 1.92 bits per heavy atom. The van der Waals surface area contributed by atoms with Gasteiger partial charge in [-0.3, -0.25) is 19.1 Å². The van der Waals surface area contributed by atoms with E-state index in [4.69, 9.17) is 0 Å². The SMILES string of the molecule is CC(=O)N1CCN(CC(=O)c2cc(C)n(-c3ncn[nH]3)c2C)CC1. The average molecular weight is 330 g/mol. The first kappa shape index (κ1) is 16.4. The van der Waals surface area contributed by atoms with Gasteiger partial charge in [-0.25, -0.2) is 5.10 Å². The highest BCUT2D eigenvalue weighted by Crippen LogP contribution is 2.19. The molecular weight excluding hydrogens is 308 g/mol. The highest BCUT2D eigenvalue weighted by molar-refractivity contribution is 5.99. The fourth-order valence-electron chi connectivity index (χ4n) is 3.19. The van der Waals surface area contributed by atoms with E-state index in [2.05, 4.69) is 20.1 Å². The Labute approximate surface area is 140 Å². The average Bonchev–Trinajstić information content (AvgIpc) is 3.15. The molecule has 1 saturated heterocycles. The quantitative estimate of drug-likeness (QED) is 0.828. The summed E-state index contributed by atoms with van der Waals surface area (Å²) < 4.78 is 1.90. The normalized spacial score (nSPS) is 15.7. The highest BCUT2D eigenvalue weighted by atomic mass is 16.2. The molecule has 0 spiro atoms. The Kier molecular flexibility index (Phi) is 4.48. The molecule has 1 fully saturated rings. The molecule has 0 radical (unpaired) electrons. The minimum absolute atomic E-state index is 0.0881. The van der Waals surface area contributed by atoms with Crippen LogP contribution in [0.1, 0.15) is 28.7 Å². The molecule has 0 aromatic carbocycles. The number of piperazine rings is 1. The Hall–Kier alpha value is -2.48. The lowest BCUT2D eigenvalue weighted by Gasteiger charge is -2.33. The number of nitrogens with zero attached hydrogens (tertiary/aromatic N) is 5. The number of carbonyl (C=O) groups excluding carboxylic acids is 2. The molecule has 3 rings (SSSR count). The van der Waals surface area contributed by atoms with Gasteiger partial charge in [0.15, 0.2) is 5.78 Å². The van der Waals surface area contributed by atoms with Gasteiger partial charge in [0, 0.05) is 50.1 Å². The van der Waals surface area contributed by atoms with Gasteiger partial charge in [-0.05, 0) is 19.9 Å². The maximum atomic E-state index is 12.7. The molecule has 2 aromatic rings. The van der Waals surface area contributed by atoms with Crippen LogP contribution in [0.3, 0.4) is 0 Å². The molecule has 24 heavy (non-hydrogen) atoms. The summed E-state index contributed by atoms with van der Waals surface area (Å²) in [6, 6.07) is 1.89. The van der Waals surface area contributed by atoms with Crippen molar-refractivity contribution in [2.75, 3.05) is 32.7 Å². The van der Waals surface area contributed by atoms with Gasteiger partial charge >= 0.3 is 0 Å². The zero-order valence-electron chi connectivity index (χ0n) is 14.2. The second-order valence-electron chi connectivity index (χ2n) is 6.13. The number of aromatic amines is 1. The maximum Gasteiger partial charge on any atom is 0.229 e. The number of ketones is 1. The number of rotatable bonds is 4. The molecule has 3 heterocycles. The fourth-order valence-corrected chi connectivity index (χ4v) is 3.19. The standard InChI is InChI=1S/C16H22N6O2/c1-11-8-14(12(2)22(11)16-17-10-18-19-16)15(24)9-20-4-6-21(7-5-20)13(3)23/h8,10H,4-7,9H2,1-3H3,(H,17,18,19). The molecule has 0 aliphatic carbocycles. The topological polar surface area (TPSA) is 87.1 Å². The molecule has 1 amide bonds. The number of nitrogens with one attached hydrogen (secondary N) is 1. The van der Waals surface area contributed by atoms with Gasteiger partial charge in [-0.2, -0.15) is 10.1 Å². The van der Waals surface area contributed by atoms with E-state index in [9.17, 15) is 9.59 Å². The lowest BCUT2D eigenvalue weighted by molar-refractivity contribution is -0.130. The second kappa shape index (κ2) is 6.56. The molecule has 8 nitrogen and oxygen atoms in total. The zero-order valence-corrected chi connectivity index (χ0v) is 14.2. The summed E-state index contributed by atoms with van der Waals surface area (Å²) in [5, 5.41) is 6.69. The van der Waals surface area contributed by atoms with Crippen LogP contribution in [-0.2, 0) is 4.79 Å². The van der Waals surface area contributed by atoms with Crippen LogP contribution in [0.15, 0.2) is 12.4 Å². The summed E-state index contributed by atoms with van der Waals surface area (Å²) in [5.74, 6) is 0.792. The van der Waals surface area contributed by atoms with Crippen molar-refractivity contribution in [3.63, 3.8) is 0 Å². The third-order valence-corrected chi connectivity index (χ3v) is 4.53. The van der Waals surface area contributed by atoms with Crippen molar-refractivity contribution in [3.8, 4) is 5.95 Å². The van der Waals surface area contributed by atoms with Gasteiger partial charge in [0.05, 0.1) is 6.54 Å². The monoisotopic (exact) mass is 330 g/mol. The van der Waals surface area contributed by atoms with Crippen molar-refractivity contribution in [2.45, 2.75) is 20.8 Å². The number of carbonyl (C=O) groups is 2. The number of hydrogen-bond acceptors (Lipinski definition) is 5. The van der Waals surface area contributed by atoms with Crippen molar-refractivity contribution in [1.82, 2.24) is 29.5 Å². The largest absolute Gasteiger partial charge is 0.340 e. The molecule has 1 N–H and O–H groups in total. The molecule has 0 saturated carbocycles. The summed E-state index contributed by atoms with van der Waals surface area (Å²) in [4.78, 5) is 32.1. The van der Waals surface area contributed by atoms with Crippen LogP contribution in [0.25, 0.3) is 5.95 Å². The maximum absolute atomic E-state index is 12.7. The van der Waals surface area contributed by atoms with Crippen LogP contribution in [-0.4, -0.2) is 74.0 Å². The third kappa shape index (κ3) is 3.09. The predicted octanol–water partition coefficient (Wildman–Crippen LogP) is 0.559. The van der Waals surface area contributed by atoms with E-state index in [1.807, 2.05) is 29.4 Å². The molecule has 1 aliphatic heterocycles. The summed E-state index contributed by atoms with van der Waals surface area (Å²) in [6.45, 7) is 8.62. The van der Waals surface area contributed by atoms with Crippen LogP contribution < -0.4 is 0 Å². The van der Waals surface area contributed by atoms with Gasteiger partial charge in [0.1, 0.15) is 6.33 Å². The van der Waals surface area contributed by atoms with E-state index in [-0.39, 0.29) is 11.7 Å². The molecule has 8 heteroatoms. The molecule has 128 valence electrons. The number of aryl methyl sites for hydroxylation is 1. The van der Waals surface area contributed by atoms with Crippen LogP contribution in [0, 0.1) is 13.8 Å². The summed E-state index contributed by atoms with van der Waals surface area (Å²) in [6.07, 6.45) is 1.45. The number of H-pyrrole nitrogens is 1. The van der Waals surface area contributed by atoms with Crippen molar-refractivity contribution in [3.05, 3.63) is 29.3 Å². The minimum atomic E-state index is 0.0881. The number of aromatic nitrogens is 4. The lowest BCUT2D eigenvalue weighted by atomic mass is 10.1.